The Morgan fingerprint density at radius 1 is 1.29 bits per heavy atom. The first-order chi connectivity index (χ1) is 10.1. The number of nitrogens with two attached hydrogens (primary N) is 1. The maximum atomic E-state index is 13.1. The Labute approximate surface area is 123 Å². The molecule has 0 aromatic carbocycles. The van der Waals surface area contributed by atoms with Gasteiger partial charge in [-0.15, -0.1) is 0 Å². The van der Waals surface area contributed by atoms with Crippen molar-refractivity contribution >= 4 is 21.5 Å². The van der Waals surface area contributed by atoms with Crippen LogP contribution in [0.1, 0.15) is 25.7 Å². The smallest absolute Gasteiger partial charge is 0.263 e. The third-order valence-electron chi connectivity index (χ3n) is 4.15. The standard InChI is InChI=1S/C14H18N4O2S/c15-13-14(17-8-2-1-3-12(17)16-13)21(19,20)18(11-6-7-11)9-10-4-5-10/h1-3,8,10-11H,4-7,9,15H2. The summed E-state index contributed by atoms with van der Waals surface area (Å²) in [5.41, 5.74) is 6.47. The quantitative estimate of drug-likeness (QED) is 0.907. The van der Waals surface area contributed by atoms with Crippen molar-refractivity contribution in [2.45, 2.75) is 36.8 Å². The lowest BCUT2D eigenvalue weighted by Crippen LogP contribution is -2.36. The molecule has 0 aliphatic heterocycles. The van der Waals surface area contributed by atoms with E-state index in [1.807, 2.05) is 6.07 Å². The van der Waals surface area contributed by atoms with Crippen LogP contribution in [0.5, 0.6) is 0 Å². The van der Waals surface area contributed by atoms with E-state index in [0.717, 1.165) is 25.7 Å². The Kier molecular flexibility index (Phi) is 2.77. The predicted octanol–water partition coefficient (Wildman–Crippen LogP) is 1.48. The van der Waals surface area contributed by atoms with E-state index in [9.17, 15) is 8.42 Å². The highest BCUT2D eigenvalue weighted by Crippen LogP contribution is 2.38. The molecule has 0 atom stereocenters. The van der Waals surface area contributed by atoms with Crippen molar-refractivity contribution in [1.29, 1.82) is 0 Å². The first-order valence-electron chi connectivity index (χ1n) is 7.32. The molecule has 2 saturated carbocycles. The van der Waals surface area contributed by atoms with Gasteiger partial charge in [-0.25, -0.2) is 13.4 Å². The van der Waals surface area contributed by atoms with Gasteiger partial charge in [0, 0.05) is 18.8 Å². The molecule has 0 spiro atoms. The molecule has 21 heavy (non-hydrogen) atoms. The van der Waals surface area contributed by atoms with Crippen molar-refractivity contribution in [3.63, 3.8) is 0 Å². The summed E-state index contributed by atoms with van der Waals surface area (Å²) < 4.78 is 29.3. The van der Waals surface area contributed by atoms with Gasteiger partial charge in [-0.1, -0.05) is 6.07 Å². The van der Waals surface area contributed by atoms with Crippen molar-refractivity contribution in [1.82, 2.24) is 13.7 Å². The lowest BCUT2D eigenvalue weighted by molar-refractivity contribution is 0.387. The van der Waals surface area contributed by atoms with Crippen LogP contribution in [0, 0.1) is 5.92 Å². The van der Waals surface area contributed by atoms with Crippen LogP contribution in [0.2, 0.25) is 0 Å². The second-order valence-corrected chi connectivity index (χ2v) is 7.79. The van der Waals surface area contributed by atoms with Crippen LogP contribution in [0.4, 0.5) is 5.82 Å². The topological polar surface area (TPSA) is 80.7 Å². The van der Waals surface area contributed by atoms with E-state index in [2.05, 4.69) is 4.98 Å². The minimum atomic E-state index is -3.60. The van der Waals surface area contributed by atoms with Gasteiger partial charge in [0.2, 0.25) is 0 Å². The highest BCUT2D eigenvalue weighted by molar-refractivity contribution is 7.89. The van der Waals surface area contributed by atoms with Crippen molar-refractivity contribution < 1.29 is 8.42 Å². The summed E-state index contributed by atoms with van der Waals surface area (Å²) in [4.78, 5) is 4.17. The number of sulfonamides is 1. The lowest BCUT2D eigenvalue weighted by atomic mass is 10.4. The fraction of sp³-hybridized carbons (Fsp3) is 0.500. The molecule has 7 heteroatoms. The molecule has 0 unspecified atom stereocenters. The molecule has 2 heterocycles. The normalized spacial score (nSPS) is 19.5. The number of nitrogens with zero attached hydrogens (tertiary/aromatic N) is 3. The molecule has 2 aliphatic rings. The maximum absolute atomic E-state index is 13.1. The number of nitrogen functional groups attached to an aromatic ring is 1. The highest BCUT2D eigenvalue weighted by Gasteiger charge is 2.43. The molecule has 0 saturated heterocycles. The van der Waals surface area contributed by atoms with Gasteiger partial charge < -0.3 is 5.73 Å². The van der Waals surface area contributed by atoms with Gasteiger partial charge in [0.05, 0.1) is 0 Å². The maximum Gasteiger partial charge on any atom is 0.263 e. The molecule has 0 radical (unpaired) electrons. The molecule has 6 nitrogen and oxygen atoms in total. The van der Waals surface area contributed by atoms with Crippen molar-refractivity contribution in [3.8, 4) is 0 Å². The third kappa shape index (κ3) is 2.20. The minimum absolute atomic E-state index is 0.0858. The highest BCUT2D eigenvalue weighted by atomic mass is 32.2. The molecule has 112 valence electrons. The summed E-state index contributed by atoms with van der Waals surface area (Å²) in [6, 6.07) is 5.51. The molecule has 4 rings (SSSR count). The van der Waals surface area contributed by atoms with Crippen LogP contribution in [0.25, 0.3) is 5.65 Å². The average molecular weight is 306 g/mol. The van der Waals surface area contributed by atoms with E-state index in [-0.39, 0.29) is 16.9 Å². The van der Waals surface area contributed by atoms with Crippen LogP contribution >= 0.6 is 0 Å². The van der Waals surface area contributed by atoms with E-state index >= 15 is 0 Å². The Balaban J connectivity index is 1.82. The zero-order valence-corrected chi connectivity index (χ0v) is 12.5. The summed E-state index contributed by atoms with van der Waals surface area (Å²) in [6.07, 6.45) is 5.85. The van der Waals surface area contributed by atoms with E-state index in [1.54, 1.807) is 27.0 Å². The van der Waals surface area contributed by atoms with Gasteiger partial charge in [-0.2, -0.15) is 4.31 Å². The fourth-order valence-electron chi connectivity index (χ4n) is 2.72. The number of pyridine rings is 1. The van der Waals surface area contributed by atoms with Crippen LogP contribution in [-0.2, 0) is 10.0 Å². The number of rotatable bonds is 5. The van der Waals surface area contributed by atoms with E-state index in [0.29, 0.717) is 18.1 Å². The van der Waals surface area contributed by atoms with Crippen molar-refractivity contribution in [2.24, 2.45) is 5.92 Å². The number of hydrogen-bond donors (Lipinski definition) is 1. The zero-order valence-electron chi connectivity index (χ0n) is 11.6. The summed E-state index contributed by atoms with van der Waals surface area (Å²) >= 11 is 0. The second-order valence-electron chi connectivity index (χ2n) is 5.98. The Morgan fingerprint density at radius 3 is 2.71 bits per heavy atom. The van der Waals surface area contributed by atoms with Crippen LogP contribution in [0.15, 0.2) is 29.4 Å². The second kappa shape index (κ2) is 4.45. The summed E-state index contributed by atoms with van der Waals surface area (Å²) in [7, 11) is -3.60. The van der Waals surface area contributed by atoms with Crippen LogP contribution in [0.3, 0.4) is 0 Å². The van der Waals surface area contributed by atoms with Crippen LogP contribution < -0.4 is 5.73 Å². The SMILES string of the molecule is Nc1nc2ccccn2c1S(=O)(=O)N(CC1CC1)C1CC1. The van der Waals surface area contributed by atoms with Gasteiger partial charge in [-0.3, -0.25) is 4.40 Å². The lowest BCUT2D eigenvalue weighted by Gasteiger charge is -2.21. The van der Waals surface area contributed by atoms with Gasteiger partial charge >= 0.3 is 0 Å². The molecule has 2 fully saturated rings. The summed E-state index contributed by atoms with van der Waals surface area (Å²) in [6.45, 7) is 0.618. The zero-order chi connectivity index (χ0) is 14.6. The van der Waals surface area contributed by atoms with Gasteiger partial charge in [0.1, 0.15) is 5.65 Å². The van der Waals surface area contributed by atoms with E-state index < -0.39 is 10.0 Å². The fourth-order valence-corrected chi connectivity index (χ4v) is 4.67. The van der Waals surface area contributed by atoms with Gasteiger partial charge in [-0.05, 0) is 43.7 Å². The summed E-state index contributed by atoms with van der Waals surface area (Å²) in [5, 5.41) is 0.116. The first-order valence-corrected chi connectivity index (χ1v) is 8.76. The molecule has 0 amide bonds. The first kappa shape index (κ1) is 13.1. The number of anilines is 1. The number of hydrogen-bond acceptors (Lipinski definition) is 4. The monoisotopic (exact) mass is 306 g/mol. The number of imidazole rings is 1. The predicted molar refractivity (Wildman–Crippen MR) is 79.2 cm³/mol. The average Bonchev–Trinajstić information content (AvgIpc) is 3.32. The molecule has 2 aromatic rings. The Bertz CT molecular complexity index is 790. The summed E-state index contributed by atoms with van der Waals surface area (Å²) in [5.74, 6) is 0.600. The van der Waals surface area contributed by atoms with Crippen molar-refractivity contribution in [2.75, 3.05) is 12.3 Å². The molecule has 2 N–H and O–H groups in total. The van der Waals surface area contributed by atoms with Crippen molar-refractivity contribution in [3.05, 3.63) is 24.4 Å². The van der Waals surface area contributed by atoms with Gasteiger partial charge in [0.15, 0.2) is 10.8 Å². The number of fused-ring (bicyclic) bond motifs is 1. The molecule has 2 aromatic heterocycles. The largest absolute Gasteiger partial charge is 0.381 e. The van der Waals surface area contributed by atoms with Crippen LogP contribution in [-0.4, -0.2) is 34.7 Å². The van der Waals surface area contributed by atoms with Gasteiger partial charge in [0.25, 0.3) is 10.0 Å². The molecular formula is C14H18N4O2S. The van der Waals surface area contributed by atoms with E-state index in [1.165, 1.54) is 0 Å². The third-order valence-corrected chi connectivity index (χ3v) is 6.11. The van der Waals surface area contributed by atoms with E-state index in [4.69, 9.17) is 5.73 Å². The molecule has 0 bridgehead atoms. The molecular weight excluding hydrogens is 288 g/mol. The minimum Gasteiger partial charge on any atom is -0.381 e. The Morgan fingerprint density at radius 2 is 2.05 bits per heavy atom. The Hall–Kier alpha value is -1.60. The number of aromatic nitrogens is 2. The molecule has 2 aliphatic carbocycles.